The van der Waals surface area contributed by atoms with Crippen molar-refractivity contribution < 1.29 is 4.79 Å². The lowest BCUT2D eigenvalue weighted by Crippen LogP contribution is -2.46. The molecule has 4 aromatic rings. The van der Waals surface area contributed by atoms with Crippen LogP contribution in [-0.2, 0) is 10.2 Å². The zero-order valence-corrected chi connectivity index (χ0v) is 16.4. The molecular formula is C23H19ClN4O. The van der Waals surface area contributed by atoms with Crippen molar-refractivity contribution in [2.75, 3.05) is 5.32 Å². The molecule has 1 N–H and O–H groups in total. The van der Waals surface area contributed by atoms with Crippen LogP contribution >= 0.6 is 11.6 Å². The maximum atomic E-state index is 13.1. The third-order valence-corrected chi connectivity index (χ3v) is 5.93. The van der Waals surface area contributed by atoms with E-state index in [1.807, 2.05) is 71.4 Å². The SMILES string of the molecule is O=C(Nc1ccc(-c2cn3cccnc3n2)cc1)C1(c2cccc(Cl)c2)CCC1. The summed E-state index contributed by atoms with van der Waals surface area (Å²) in [6, 6.07) is 17.3. The quantitative estimate of drug-likeness (QED) is 0.516. The van der Waals surface area contributed by atoms with Crippen LogP contribution in [0.3, 0.4) is 0 Å². The molecule has 2 heterocycles. The predicted octanol–water partition coefficient (Wildman–Crippen LogP) is 5.11. The number of carbonyl (C=O) groups is 1. The zero-order chi connectivity index (χ0) is 19.8. The highest BCUT2D eigenvalue weighted by Crippen LogP contribution is 2.45. The van der Waals surface area contributed by atoms with Gasteiger partial charge in [0.2, 0.25) is 11.7 Å². The van der Waals surface area contributed by atoms with Crippen molar-refractivity contribution in [1.29, 1.82) is 0 Å². The van der Waals surface area contributed by atoms with Gasteiger partial charge in [0, 0.05) is 34.9 Å². The molecule has 0 spiro atoms. The number of imidazole rings is 1. The molecule has 0 unspecified atom stereocenters. The monoisotopic (exact) mass is 402 g/mol. The Kier molecular flexibility index (Phi) is 4.32. The van der Waals surface area contributed by atoms with Crippen LogP contribution < -0.4 is 5.32 Å². The molecular weight excluding hydrogens is 384 g/mol. The molecule has 1 aliphatic carbocycles. The minimum absolute atomic E-state index is 0.0238. The van der Waals surface area contributed by atoms with E-state index in [2.05, 4.69) is 15.3 Å². The third kappa shape index (κ3) is 3.17. The molecule has 5 nitrogen and oxygen atoms in total. The first-order chi connectivity index (χ1) is 14.1. The van der Waals surface area contributed by atoms with Gasteiger partial charge in [-0.2, -0.15) is 0 Å². The van der Waals surface area contributed by atoms with E-state index in [9.17, 15) is 4.79 Å². The summed E-state index contributed by atoms with van der Waals surface area (Å²) in [4.78, 5) is 21.9. The Labute approximate surface area is 173 Å². The minimum atomic E-state index is -0.489. The van der Waals surface area contributed by atoms with Gasteiger partial charge < -0.3 is 5.32 Å². The first kappa shape index (κ1) is 17.9. The highest BCUT2D eigenvalue weighted by Gasteiger charge is 2.45. The van der Waals surface area contributed by atoms with E-state index in [0.29, 0.717) is 10.8 Å². The van der Waals surface area contributed by atoms with E-state index in [0.717, 1.165) is 41.8 Å². The Balaban J connectivity index is 1.37. The number of carbonyl (C=O) groups excluding carboxylic acids is 1. The van der Waals surface area contributed by atoms with Crippen LogP contribution in [0.25, 0.3) is 17.0 Å². The van der Waals surface area contributed by atoms with Crippen LogP contribution in [0.2, 0.25) is 5.02 Å². The van der Waals surface area contributed by atoms with Crippen molar-refractivity contribution >= 4 is 29.0 Å². The average Bonchev–Trinajstić information content (AvgIpc) is 3.12. The second-order valence-corrected chi connectivity index (χ2v) is 7.87. The molecule has 0 aliphatic heterocycles. The number of rotatable bonds is 4. The van der Waals surface area contributed by atoms with Gasteiger partial charge in [-0.25, -0.2) is 9.97 Å². The number of benzene rings is 2. The van der Waals surface area contributed by atoms with E-state index in [-0.39, 0.29) is 5.91 Å². The number of nitrogens with one attached hydrogen (secondary N) is 1. The first-order valence-corrected chi connectivity index (χ1v) is 10.00. The van der Waals surface area contributed by atoms with Gasteiger partial charge in [0.25, 0.3) is 0 Å². The minimum Gasteiger partial charge on any atom is -0.325 e. The van der Waals surface area contributed by atoms with Gasteiger partial charge in [-0.1, -0.05) is 42.3 Å². The second kappa shape index (κ2) is 7.01. The maximum Gasteiger partial charge on any atom is 0.235 e. The molecule has 1 fully saturated rings. The summed E-state index contributed by atoms with van der Waals surface area (Å²) >= 11 is 6.16. The standard InChI is InChI=1S/C23H19ClN4O/c24-18-5-1-4-17(14-18)23(10-2-11-23)21(29)26-19-8-6-16(7-9-19)20-15-28-13-3-12-25-22(28)27-20/h1,3-9,12-15H,2,10-11H2,(H,26,29). The second-order valence-electron chi connectivity index (χ2n) is 7.43. The van der Waals surface area contributed by atoms with Crippen molar-refractivity contribution in [3.8, 4) is 11.3 Å². The number of aromatic nitrogens is 3. The number of fused-ring (bicyclic) bond motifs is 1. The van der Waals surface area contributed by atoms with Gasteiger partial charge >= 0.3 is 0 Å². The molecule has 6 heteroatoms. The summed E-state index contributed by atoms with van der Waals surface area (Å²) < 4.78 is 1.89. The number of nitrogens with zero attached hydrogens (tertiary/aromatic N) is 3. The fraction of sp³-hybridized carbons (Fsp3) is 0.174. The summed E-state index contributed by atoms with van der Waals surface area (Å²) in [5.74, 6) is 0.684. The summed E-state index contributed by atoms with van der Waals surface area (Å²) in [5.41, 5.74) is 3.09. The van der Waals surface area contributed by atoms with E-state index in [1.165, 1.54) is 0 Å². The topological polar surface area (TPSA) is 59.3 Å². The van der Waals surface area contributed by atoms with Gasteiger partial charge in [0.15, 0.2) is 0 Å². The lowest BCUT2D eigenvalue weighted by Gasteiger charge is -2.40. The zero-order valence-electron chi connectivity index (χ0n) is 15.7. The fourth-order valence-electron chi connectivity index (χ4n) is 3.91. The summed E-state index contributed by atoms with van der Waals surface area (Å²) in [5, 5.41) is 3.75. The van der Waals surface area contributed by atoms with E-state index < -0.39 is 5.41 Å². The molecule has 1 saturated carbocycles. The van der Waals surface area contributed by atoms with Crippen molar-refractivity contribution in [2.45, 2.75) is 24.7 Å². The number of anilines is 1. The van der Waals surface area contributed by atoms with Crippen molar-refractivity contribution in [3.05, 3.63) is 83.8 Å². The predicted molar refractivity (Wildman–Crippen MR) is 114 cm³/mol. The van der Waals surface area contributed by atoms with E-state index in [4.69, 9.17) is 11.6 Å². The van der Waals surface area contributed by atoms with Gasteiger partial charge in [-0.3, -0.25) is 9.20 Å². The molecule has 0 radical (unpaired) electrons. The number of hydrogen-bond acceptors (Lipinski definition) is 3. The summed E-state index contributed by atoms with van der Waals surface area (Å²) in [6.45, 7) is 0. The summed E-state index contributed by atoms with van der Waals surface area (Å²) in [7, 11) is 0. The van der Waals surface area contributed by atoms with Crippen LogP contribution in [0.1, 0.15) is 24.8 Å². The van der Waals surface area contributed by atoms with Crippen molar-refractivity contribution in [1.82, 2.24) is 14.4 Å². The lowest BCUT2D eigenvalue weighted by atomic mass is 9.64. The highest BCUT2D eigenvalue weighted by molar-refractivity contribution is 6.30. The highest BCUT2D eigenvalue weighted by atomic mass is 35.5. The maximum absolute atomic E-state index is 13.1. The molecule has 0 saturated heterocycles. The Morgan fingerprint density at radius 2 is 1.93 bits per heavy atom. The first-order valence-electron chi connectivity index (χ1n) is 9.62. The molecule has 1 amide bonds. The molecule has 29 heavy (non-hydrogen) atoms. The lowest BCUT2D eigenvalue weighted by molar-refractivity contribution is -0.124. The van der Waals surface area contributed by atoms with Crippen LogP contribution in [0, 0.1) is 0 Å². The van der Waals surface area contributed by atoms with Gasteiger partial charge in [0.05, 0.1) is 11.1 Å². The number of amides is 1. The van der Waals surface area contributed by atoms with Gasteiger partial charge in [-0.05, 0) is 48.7 Å². The Morgan fingerprint density at radius 3 is 2.62 bits per heavy atom. The fourth-order valence-corrected chi connectivity index (χ4v) is 4.10. The molecule has 5 rings (SSSR count). The molecule has 2 aromatic heterocycles. The summed E-state index contributed by atoms with van der Waals surface area (Å²) in [6.07, 6.45) is 8.30. The largest absolute Gasteiger partial charge is 0.325 e. The molecule has 2 aromatic carbocycles. The molecule has 1 aliphatic rings. The Morgan fingerprint density at radius 1 is 1.10 bits per heavy atom. The number of halogens is 1. The van der Waals surface area contributed by atoms with Crippen LogP contribution in [0.5, 0.6) is 0 Å². The van der Waals surface area contributed by atoms with Crippen LogP contribution in [0.4, 0.5) is 5.69 Å². The Hall–Kier alpha value is -3.18. The third-order valence-electron chi connectivity index (χ3n) is 5.69. The van der Waals surface area contributed by atoms with Gasteiger partial charge in [0.1, 0.15) is 0 Å². The van der Waals surface area contributed by atoms with Crippen LogP contribution in [0.15, 0.2) is 73.2 Å². The normalized spacial score (nSPS) is 15.1. The van der Waals surface area contributed by atoms with Crippen LogP contribution in [-0.4, -0.2) is 20.3 Å². The molecule has 0 bridgehead atoms. The van der Waals surface area contributed by atoms with E-state index >= 15 is 0 Å². The molecule has 144 valence electrons. The van der Waals surface area contributed by atoms with Crippen molar-refractivity contribution in [2.24, 2.45) is 0 Å². The smallest absolute Gasteiger partial charge is 0.235 e. The van der Waals surface area contributed by atoms with Gasteiger partial charge in [-0.15, -0.1) is 0 Å². The average molecular weight is 403 g/mol. The molecule has 0 atom stereocenters. The Bertz CT molecular complexity index is 1160. The number of hydrogen-bond donors (Lipinski definition) is 1. The van der Waals surface area contributed by atoms with E-state index in [1.54, 1.807) is 6.20 Å². The van der Waals surface area contributed by atoms with Crippen molar-refractivity contribution in [3.63, 3.8) is 0 Å².